The van der Waals surface area contributed by atoms with Gasteiger partial charge in [-0.25, -0.2) is 4.98 Å². The Hall–Kier alpha value is -4.18. The number of anilines is 1. The predicted molar refractivity (Wildman–Crippen MR) is 110 cm³/mol. The normalized spacial score (nSPS) is 10.5. The van der Waals surface area contributed by atoms with Crippen LogP contribution in [0.4, 0.5) is 5.69 Å². The molecule has 0 saturated heterocycles. The molecule has 4 aromatic rings. The number of hydrogen-bond donors (Lipinski definition) is 2. The van der Waals surface area contributed by atoms with Crippen molar-refractivity contribution >= 4 is 22.5 Å². The predicted octanol–water partition coefficient (Wildman–Crippen LogP) is 4.07. The van der Waals surface area contributed by atoms with E-state index in [0.717, 1.165) is 27.9 Å². The number of aryl methyl sites for hydroxylation is 1. The largest absolute Gasteiger partial charge is 0.497 e. The Bertz CT molecular complexity index is 1270. The number of carbonyl (C=O) groups excluding carboxylic acids is 1. The lowest BCUT2D eigenvalue weighted by Crippen LogP contribution is -2.15. The molecule has 0 spiro atoms. The Morgan fingerprint density at radius 2 is 2.07 bits per heavy atom. The van der Waals surface area contributed by atoms with Crippen molar-refractivity contribution in [3.63, 3.8) is 0 Å². The number of carbonyl (C=O) groups is 1. The maximum absolute atomic E-state index is 12.7. The van der Waals surface area contributed by atoms with E-state index in [-0.39, 0.29) is 11.6 Å². The molecule has 0 bridgehead atoms. The minimum Gasteiger partial charge on any atom is -0.497 e. The molecule has 0 aliphatic heterocycles. The summed E-state index contributed by atoms with van der Waals surface area (Å²) < 4.78 is 5.30. The molecule has 0 fully saturated rings. The lowest BCUT2D eigenvalue weighted by atomic mass is 10.1. The third-order valence-electron chi connectivity index (χ3n) is 4.59. The first kappa shape index (κ1) is 18.2. The summed E-state index contributed by atoms with van der Waals surface area (Å²) in [5, 5.41) is 20.1. The number of methoxy groups -OCH3 is 1. The van der Waals surface area contributed by atoms with Crippen LogP contribution in [0.2, 0.25) is 0 Å². The summed E-state index contributed by atoms with van der Waals surface area (Å²) in [6.45, 7) is 1.75. The third kappa shape index (κ3) is 3.51. The number of aromatic nitrogens is 3. The minimum atomic E-state index is -0.335. The van der Waals surface area contributed by atoms with Gasteiger partial charge in [-0.15, -0.1) is 0 Å². The highest BCUT2D eigenvalue weighted by Crippen LogP contribution is 2.30. The van der Waals surface area contributed by atoms with Gasteiger partial charge in [-0.1, -0.05) is 12.1 Å². The van der Waals surface area contributed by atoms with Gasteiger partial charge in [-0.2, -0.15) is 10.4 Å². The zero-order chi connectivity index (χ0) is 20.4. The van der Waals surface area contributed by atoms with Crippen LogP contribution in [0.3, 0.4) is 0 Å². The molecule has 142 valence electrons. The number of rotatable bonds is 4. The van der Waals surface area contributed by atoms with Crippen LogP contribution in [0.15, 0.2) is 54.7 Å². The second kappa shape index (κ2) is 7.44. The lowest BCUT2D eigenvalue weighted by molar-refractivity contribution is 0.102. The number of H-pyrrole nitrogens is 1. The minimum absolute atomic E-state index is 0.282. The molecule has 0 atom stereocenters. The number of pyridine rings is 1. The number of benzene rings is 2. The number of amides is 1. The van der Waals surface area contributed by atoms with Crippen LogP contribution >= 0.6 is 0 Å². The third-order valence-corrected chi connectivity index (χ3v) is 4.59. The van der Waals surface area contributed by atoms with Crippen molar-refractivity contribution in [3.8, 4) is 23.1 Å². The van der Waals surface area contributed by atoms with Crippen molar-refractivity contribution in [1.29, 1.82) is 5.26 Å². The topological polar surface area (TPSA) is 104 Å². The second-order valence-corrected chi connectivity index (χ2v) is 6.52. The fraction of sp³-hybridized carbons (Fsp3) is 0.0909. The summed E-state index contributed by atoms with van der Waals surface area (Å²) in [6, 6.07) is 16.8. The molecule has 1 amide bonds. The van der Waals surface area contributed by atoms with Gasteiger partial charge < -0.3 is 10.1 Å². The molecule has 29 heavy (non-hydrogen) atoms. The number of nitriles is 1. The van der Waals surface area contributed by atoms with Gasteiger partial charge in [-0.05, 0) is 48.9 Å². The first-order chi connectivity index (χ1) is 14.1. The molecule has 0 radical (unpaired) electrons. The van der Waals surface area contributed by atoms with Crippen LogP contribution in [0, 0.1) is 18.3 Å². The van der Waals surface area contributed by atoms with Crippen molar-refractivity contribution in [2.75, 3.05) is 12.4 Å². The highest BCUT2D eigenvalue weighted by Gasteiger charge is 2.14. The molecular formula is C22H17N5O2. The highest BCUT2D eigenvalue weighted by atomic mass is 16.5. The number of nitrogens with one attached hydrogen (secondary N) is 2. The summed E-state index contributed by atoms with van der Waals surface area (Å²) in [5.74, 6) is 0.406. The van der Waals surface area contributed by atoms with Gasteiger partial charge in [0.15, 0.2) is 0 Å². The fourth-order valence-corrected chi connectivity index (χ4v) is 3.15. The summed E-state index contributed by atoms with van der Waals surface area (Å²) >= 11 is 0. The summed E-state index contributed by atoms with van der Waals surface area (Å²) in [7, 11) is 1.62. The van der Waals surface area contributed by atoms with Gasteiger partial charge in [0.2, 0.25) is 0 Å². The monoisotopic (exact) mass is 383 g/mol. The Labute approximate surface area is 167 Å². The summed E-state index contributed by atoms with van der Waals surface area (Å²) in [4.78, 5) is 16.8. The van der Waals surface area contributed by atoms with Crippen molar-refractivity contribution in [1.82, 2.24) is 15.2 Å². The maximum atomic E-state index is 12.7. The highest BCUT2D eigenvalue weighted by molar-refractivity contribution is 6.05. The van der Waals surface area contributed by atoms with Gasteiger partial charge in [0.1, 0.15) is 23.2 Å². The zero-order valence-corrected chi connectivity index (χ0v) is 15.9. The Kier molecular flexibility index (Phi) is 4.67. The number of hydrogen-bond acceptors (Lipinski definition) is 5. The van der Waals surface area contributed by atoms with Gasteiger partial charge in [0, 0.05) is 22.8 Å². The van der Waals surface area contributed by atoms with E-state index in [0.29, 0.717) is 16.8 Å². The average Bonchev–Trinajstić information content (AvgIpc) is 3.16. The van der Waals surface area contributed by atoms with E-state index >= 15 is 0 Å². The standard InChI is InChI=1S/C22H17N5O2/c1-13-8-14(11-23)12-24-20(13)22(28)25-16-6-7-19-18(10-16)21(27-26-19)15-4-3-5-17(9-15)29-2/h3-10,12H,1-2H3,(H,25,28)(H,26,27). The average molecular weight is 383 g/mol. The Balaban J connectivity index is 1.67. The van der Waals surface area contributed by atoms with Crippen LogP contribution < -0.4 is 10.1 Å². The second-order valence-electron chi connectivity index (χ2n) is 6.52. The Morgan fingerprint density at radius 1 is 1.21 bits per heavy atom. The van der Waals surface area contributed by atoms with Crippen LogP contribution in [0.1, 0.15) is 21.6 Å². The smallest absolute Gasteiger partial charge is 0.274 e. The molecule has 0 aliphatic rings. The molecule has 4 rings (SSSR count). The SMILES string of the molecule is COc1cccc(-c2n[nH]c3ccc(NC(=O)c4ncc(C#N)cc4C)cc23)c1. The number of ether oxygens (including phenoxy) is 1. The molecule has 7 heteroatoms. The van der Waals surface area contributed by atoms with Gasteiger partial charge >= 0.3 is 0 Å². The quantitative estimate of drug-likeness (QED) is 0.553. The molecule has 2 aromatic heterocycles. The van der Waals surface area contributed by atoms with Crippen molar-refractivity contribution < 1.29 is 9.53 Å². The van der Waals surface area contributed by atoms with Crippen molar-refractivity contribution in [2.45, 2.75) is 6.92 Å². The van der Waals surface area contributed by atoms with E-state index in [1.807, 2.05) is 42.5 Å². The molecule has 7 nitrogen and oxygen atoms in total. The summed E-state index contributed by atoms with van der Waals surface area (Å²) in [6.07, 6.45) is 1.39. The van der Waals surface area contributed by atoms with E-state index in [4.69, 9.17) is 10.00 Å². The first-order valence-corrected chi connectivity index (χ1v) is 8.89. The van der Waals surface area contributed by atoms with Gasteiger partial charge in [0.25, 0.3) is 5.91 Å². The van der Waals surface area contributed by atoms with E-state index in [2.05, 4.69) is 20.5 Å². The molecule has 2 N–H and O–H groups in total. The van der Waals surface area contributed by atoms with Crippen molar-refractivity contribution in [3.05, 3.63) is 71.5 Å². The van der Waals surface area contributed by atoms with Crippen molar-refractivity contribution in [2.24, 2.45) is 0 Å². The molecule has 0 saturated carbocycles. The van der Waals surface area contributed by atoms with Crippen LogP contribution in [-0.4, -0.2) is 28.2 Å². The molecular weight excluding hydrogens is 366 g/mol. The molecule has 0 unspecified atom stereocenters. The molecule has 0 aliphatic carbocycles. The zero-order valence-electron chi connectivity index (χ0n) is 15.9. The van der Waals surface area contributed by atoms with Gasteiger partial charge in [0.05, 0.1) is 18.2 Å². The number of fused-ring (bicyclic) bond motifs is 1. The van der Waals surface area contributed by atoms with E-state index in [1.165, 1.54) is 6.20 Å². The van der Waals surface area contributed by atoms with E-state index < -0.39 is 0 Å². The van der Waals surface area contributed by atoms with E-state index in [9.17, 15) is 4.79 Å². The van der Waals surface area contributed by atoms with Gasteiger partial charge in [-0.3, -0.25) is 9.89 Å². The first-order valence-electron chi connectivity index (χ1n) is 8.89. The molecule has 2 aromatic carbocycles. The lowest BCUT2D eigenvalue weighted by Gasteiger charge is -2.08. The molecule has 2 heterocycles. The Morgan fingerprint density at radius 3 is 2.83 bits per heavy atom. The fourth-order valence-electron chi connectivity index (χ4n) is 3.15. The van der Waals surface area contributed by atoms with Crippen LogP contribution in [0.25, 0.3) is 22.2 Å². The maximum Gasteiger partial charge on any atom is 0.274 e. The number of nitrogens with zero attached hydrogens (tertiary/aromatic N) is 3. The van der Waals surface area contributed by atoms with Crippen LogP contribution in [0.5, 0.6) is 5.75 Å². The van der Waals surface area contributed by atoms with Crippen LogP contribution in [-0.2, 0) is 0 Å². The summed E-state index contributed by atoms with van der Waals surface area (Å²) in [5.41, 5.74) is 4.49. The van der Waals surface area contributed by atoms with E-state index in [1.54, 1.807) is 26.2 Å². The number of aromatic amines is 1.